The molecule has 2 N–H and O–H groups in total. The second kappa shape index (κ2) is 5.85. The van der Waals surface area contributed by atoms with Gasteiger partial charge in [-0.1, -0.05) is 40.5 Å². The molecular weight excluding hydrogens is 277 g/mol. The molecule has 2 atom stereocenters. The molecule has 4 heteroatoms. The van der Waals surface area contributed by atoms with E-state index in [1.807, 2.05) is 26.0 Å². The van der Waals surface area contributed by atoms with Gasteiger partial charge in [-0.25, -0.2) is 0 Å². The molecule has 0 saturated heterocycles. The second-order valence-corrected chi connectivity index (χ2v) is 4.78. The molecule has 0 amide bonds. The molecule has 0 aliphatic carbocycles. The summed E-state index contributed by atoms with van der Waals surface area (Å²) in [7, 11) is 0. The van der Waals surface area contributed by atoms with Crippen LogP contribution in [0.3, 0.4) is 0 Å². The van der Waals surface area contributed by atoms with E-state index in [1.54, 1.807) is 6.07 Å². The number of aliphatic hydroxyl groups excluding tert-OH is 1. The molecule has 84 valence electrons. The number of nitrogens with one attached hydrogen (secondary N) is 1. The van der Waals surface area contributed by atoms with Gasteiger partial charge in [0.05, 0.1) is 6.10 Å². The number of halogens is 2. The lowest BCUT2D eigenvalue weighted by Crippen LogP contribution is -2.31. The zero-order valence-corrected chi connectivity index (χ0v) is 11.1. The van der Waals surface area contributed by atoms with E-state index in [-0.39, 0.29) is 6.04 Å². The molecule has 1 aromatic rings. The van der Waals surface area contributed by atoms with Crippen molar-refractivity contribution in [3.63, 3.8) is 0 Å². The standard InChI is InChI=1S/C11H15BrClNO/c1-3-14-7(2)11(15)9-5-4-8(12)6-10(9)13/h4-7,11,14-15H,3H2,1-2H3. The maximum Gasteiger partial charge on any atom is 0.0954 e. The Morgan fingerprint density at radius 3 is 2.73 bits per heavy atom. The van der Waals surface area contributed by atoms with Gasteiger partial charge in [0.1, 0.15) is 0 Å². The van der Waals surface area contributed by atoms with Crippen molar-refractivity contribution >= 4 is 27.5 Å². The van der Waals surface area contributed by atoms with Crippen LogP contribution in [-0.4, -0.2) is 17.7 Å². The first-order valence-electron chi connectivity index (χ1n) is 4.92. The molecular formula is C11H15BrClNO. The minimum absolute atomic E-state index is 0.00586. The number of hydrogen-bond donors (Lipinski definition) is 2. The summed E-state index contributed by atoms with van der Waals surface area (Å²) in [6, 6.07) is 5.50. The van der Waals surface area contributed by atoms with Crippen LogP contribution in [0.4, 0.5) is 0 Å². The van der Waals surface area contributed by atoms with Crippen molar-refractivity contribution < 1.29 is 5.11 Å². The molecule has 1 aromatic carbocycles. The summed E-state index contributed by atoms with van der Waals surface area (Å²) in [5.74, 6) is 0. The van der Waals surface area contributed by atoms with Crippen LogP contribution in [0, 0.1) is 0 Å². The monoisotopic (exact) mass is 291 g/mol. The largest absolute Gasteiger partial charge is 0.387 e. The Hall–Kier alpha value is -0.0900. The highest BCUT2D eigenvalue weighted by Gasteiger charge is 2.17. The highest BCUT2D eigenvalue weighted by Crippen LogP contribution is 2.28. The predicted octanol–water partition coefficient (Wildman–Crippen LogP) is 3.13. The third-order valence-electron chi connectivity index (χ3n) is 2.28. The Bertz CT molecular complexity index is 332. The van der Waals surface area contributed by atoms with Gasteiger partial charge in [-0.3, -0.25) is 0 Å². The van der Waals surface area contributed by atoms with Crippen molar-refractivity contribution in [1.82, 2.24) is 5.32 Å². The summed E-state index contributed by atoms with van der Waals surface area (Å²) < 4.78 is 0.916. The van der Waals surface area contributed by atoms with Crippen LogP contribution in [0.15, 0.2) is 22.7 Å². The molecule has 2 unspecified atom stereocenters. The summed E-state index contributed by atoms with van der Waals surface area (Å²) in [4.78, 5) is 0. The fourth-order valence-electron chi connectivity index (χ4n) is 1.44. The molecule has 0 saturated carbocycles. The maximum atomic E-state index is 10.0. The molecule has 0 fully saturated rings. The fourth-order valence-corrected chi connectivity index (χ4v) is 2.23. The molecule has 0 heterocycles. The molecule has 0 spiro atoms. The smallest absolute Gasteiger partial charge is 0.0954 e. The highest BCUT2D eigenvalue weighted by atomic mass is 79.9. The topological polar surface area (TPSA) is 32.3 Å². The molecule has 1 rings (SSSR count). The lowest BCUT2D eigenvalue weighted by atomic mass is 10.0. The average Bonchev–Trinajstić information content (AvgIpc) is 2.17. The molecule has 15 heavy (non-hydrogen) atoms. The first-order chi connectivity index (χ1) is 7.06. The van der Waals surface area contributed by atoms with E-state index >= 15 is 0 Å². The van der Waals surface area contributed by atoms with E-state index in [4.69, 9.17) is 11.6 Å². The lowest BCUT2D eigenvalue weighted by Gasteiger charge is -2.20. The minimum atomic E-state index is -0.578. The molecule has 0 aliphatic rings. The van der Waals surface area contributed by atoms with Gasteiger partial charge in [-0.2, -0.15) is 0 Å². The van der Waals surface area contributed by atoms with Crippen LogP contribution in [0.25, 0.3) is 0 Å². The third-order valence-corrected chi connectivity index (χ3v) is 3.10. The summed E-state index contributed by atoms with van der Waals surface area (Å²) in [5, 5.41) is 13.8. The molecule has 0 aromatic heterocycles. The molecule has 0 radical (unpaired) electrons. The van der Waals surface area contributed by atoms with Crippen LogP contribution in [0.2, 0.25) is 5.02 Å². The van der Waals surface area contributed by atoms with Crippen LogP contribution >= 0.6 is 27.5 Å². The Balaban J connectivity index is 2.86. The Morgan fingerprint density at radius 1 is 1.53 bits per heavy atom. The molecule has 0 bridgehead atoms. The van der Waals surface area contributed by atoms with Crippen LogP contribution in [-0.2, 0) is 0 Å². The van der Waals surface area contributed by atoms with Crippen LogP contribution < -0.4 is 5.32 Å². The van der Waals surface area contributed by atoms with Gasteiger partial charge in [0, 0.05) is 21.1 Å². The summed E-state index contributed by atoms with van der Waals surface area (Å²) in [6.07, 6.45) is -0.578. The van der Waals surface area contributed by atoms with Crippen molar-refractivity contribution in [1.29, 1.82) is 0 Å². The van der Waals surface area contributed by atoms with E-state index in [0.717, 1.165) is 16.6 Å². The second-order valence-electron chi connectivity index (χ2n) is 3.46. The van der Waals surface area contributed by atoms with Gasteiger partial charge in [-0.15, -0.1) is 0 Å². The fraction of sp³-hybridized carbons (Fsp3) is 0.455. The summed E-state index contributed by atoms with van der Waals surface area (Å²) in [6.45, 7) is 4.77. The predicted molar refractivity (Wildman–Crippen MR) is 67.3 cm³/mol. The minimum Gasteiger partial charge on any atom is -0.387 e. The van der Waals surface area contributed by atoms with Crippen molar-refractivity contribution in [3.05, 3.63) is 33.3 Å². The molecule has 0 aliphatic heterocycles. The zero-order valence-electron chi connectivity index (χ0n) is 8.80. The zero-order chi connectivity index (χ0) is 11.4. The normalized spacial score (nSPS) is 15.0. The lowest BCUT2D eigenvalue weighted by molar-refractivity contribution is 0.137. The van der Waals surface area contributed by atoms with E-state index in [1.165, 1.54) is 0 Å². The number of aliphatic hydroxyl groups is 1. The Labute approximate surface area is 104 Å². The van der Waals surface area contributed by atoms with Gasteiger partial charge >= 0.3 is 0 Å². The van der Waals surface area contributed by atoms with E-state index in [0.29, 0.717) is 5.02 Å². The van der Waals surface area contributed by atoms with Crippen molar-refractivity contribution in [2.75, 3.05) is 6.54 Å². The molecule has 2 nitrogen and oxygen atoms in total. The van der Waals surface area contributed by atoms with Crippen molar-refractivity contribution in [2.24, 2.45) is 0 Å². The van der Waals surface area contributed by atoms with E-state index in [2.05, 4.69) is 21.2 Å². The first-order valence-corrected chi connectivity index (χ1v) is 6.09. The number of rotatable bonds is 4. The van der Waals surface area contributed by atoms with Gasteiger partial charge in [0.25, 0.3) is 0 Å². The average molecular weight is 293 g/mol. The Kier molecular flexibility index (Phi) is 5.06. The van der Waals surface area contributed by atoms with Crippen LogP contribution in [0.5, 0.6) is 0 Å². The van der Waals surface area contributed by atoms with E-state index in [9.17, 15) is 5.11 Å². The van der Waals surface area contributed by atoms with E-state index < -0.39 is 6.10 Å². The number of likely N-dealkylation sites (N-methyl/N-ethyl adjacent to an activating group) is 1. The Morgan fingerprint density at radius 2 is 2.20 bits per heavy atom. The highest BCUT2D eigenvalue weighted by molar-refractivity contribution is 9.10. The van der Waals surface area contributed by atoms with Gasteiger partial charge in [0.2, 0.25) is 0 Å². The number of hydrogen-bond acceptors (Lipinski definition) is 2. The van der Waals surface area contributed by atoms with Crippen molar-refractivity contribution in [3.8, 4) is 0 Å². The third kappa shape index (κ3) is 3.45. The van der Waals surface area contributed by atoms with Gasteiger partial charge in [0.15, 0.2) is 0 Å². The van der Waals surface area contributed by atoms with Gasteiger partial charge in [-0.05, 0) is 25.6 Å². The summed E-state index contributed by atoms with van der Waals surface area (Å²) >= 11 is 9.38. The van der Waals surface area contributed by atoms with Gasteiger partial charge < -0.3 is 10.4 Å². The maximum absolute atomic E-state index is 10.0. The first kappa shape index (κ1) is 13.0. The van der Waals surface area contributed by atoms with Crippen molar-refractivity contribution in [2.45, 2.75) is 26.0 Å². The quantitative estimate of drug-likeness (QED) is 0.893. The SMILES string of the molecule is CCNC(C)C(O)c1ccc(Br)cc1Cl. The number of benzene rings is 1. The summed E-state index contributed by atoms with van der Waals surface area (Å²) in [5.41, 5.74) is 0.758. The van der Waals surface area contributed by atoms with Crippen LogP contribution in [0.1, 0.15) is 25.5 Å².